The SMILES string of the molecule is C#CCN1CCC(Nc2ccc(F)c(NC(C)=O)c2)CC1. The highest BCUT2D eigenvalue weighted by Crippen LogP contribution is 2.22. The van der Waals surface area contributed by atoms with E-state index in [-0.39, 0.29) is 11.6 Å². The quantitative estimate of drug-likeness (QED) is 0.836. The molecular formula is C16H20FN3O. The summed E-state index contributed by atoms with van der Waals surface area (Å²) in [4.78, 5) is 13.3. The molecule has 0 saturated carbocycles. The Bertz CT molecular complexity index is 545. The smallest absolute Gasteiger partial charge is 0.221 e. The minimum absolute atomic E-state index is 0.206. The summed E-state index contributed by atoms with van der Waals surface area (Å²) in [6, 6.07) is 5.02. The Balaban J connectivity index is 1.95. The van der Waals surface area contributed by atoms with E-state index in [0.717, 1.165) is 31.6 Å². The molecule has 0 aliphatic carbocycles. The molecule has 112 valence electrons. The first-order valence-electron chi connectivity index (χ1n) is 7.08. The molecule has 1 aromatic rings. The number of carbonyl (C=O) groups is 1. The summed E-state index contributed by atoms with van der Waals surface area (Å²) in [5.41, 5.74) is 1.02. The van der Waals surface area contributed by atoms with Gasteiger partial charge in [-0.15, -0.1) is 6.42 Å². The molecule has 1 heterocycles. The lowest BCUT2D eigenvalue weighted by atomic mass is 10.0. The molecule has 2 rings (SSSR count). The van der Waals surface area contributed by atoms with E-state index in [0.29, 0.717) is 12.6 Å². The lowest BCUT2D eigenvalue weighted by Crippen LogP contribution is -2.39. The van der Waals surface area contributed by atoms with Crippen molar-refractivity contribution in [2.75, 3.05) is 30.3 Å². The van der Waals surface area contributed by atoms with E-state index < -0.39 is 5.82 Å². The van der Waals surface area contributed by atoms with Gasteiger partial charge in [0.05, 0.1) is 12.2 Å². The van der Waals surface area contributed by atoms with Gasteiger partial charge < -0.3 is 10.6 Å². The Morgan fingerprint density at radius 1 is 1.48 bits per heavy atom. The van der Waals surface area contributed by atoms with Crippen LogP contribution in [0, 0.1) is 18.2 Å². The number of nitrogens with one attached hydrogen (secondary N) is 2. The minimum atomic E-state index is -0.431. The third-order valence-corrected chi connectivity index (χ3v) is 3.55. The van der Waals surface area contributed by atoms with Crippen LogP contribution in [0.2, 0.25) is 0 Å². The van der Waals surface area contributed by atoms with Crippen molar-refractivity contribution >= 4 is 17.3 Å². The molecule has 0 atom stereocenters. The number of likely N-dealkylation sites (tertiary alicyclic amines) is 1. The summed E-state index contributed by atoms with van der Waals surface area (Å²) in [5.74, 6) is 1.94. The van der Waals surface area contributed by atoms with Crippen LogP contribution < -0.4 is 10.6 Å². The van der Waals surface area contributed by atoms with Gasteiger partial charge in [0.1, 0.15) is 5.82 Å². The van der Waals surface area contributed by atoms with Gasteiger partial charge in [-0.2, -0.15) is 0 Å². The zero-order valence-corrected chi connectivity index (χ0v) is 12.2. The standard InChI is InChI=1S/C16H20FN3O/c1-3-8-20-9-6-13(7-10-20)19-14-4-5-15(17)16(11-14)18-12(2)21/h1,4-5,11,13,19H,6-10H2,2H3,(H,18,21). The Morgan fingerprint density at radius 2 is 2.19 bits per heavy atom. The molecular weight excluding hydrogens is 269 g/mol. The van der Waals surface area contributed by atoms with Gasteiger partial charge >= 0.3 is 0 Å². The summed E-state index contributed by atoms with van der Waals surface area (Å²) in [6.07, 6.45) is 7.30. The van der Waals surface area contributed by atoms with Crippen molar-refractivity contribution in [3.63, 3.8) is 0 Å². The van der Waals surface area contributed by atoms with Crippen molar-refractivity contribution in [3.8, 4) is 12.3 Å². The van der Waals surface area contributed by atoms with Crippen LogP contribution in [0.5, 0.6) is 0 Å². The summed E-state index contributed by atoms with van der Waals surface area (Å²) in [6.45, 7) is 3.97. The third-order valence-electron chi connectivity index (χ3n) is 3.55. The summed E-state index contributed by atoms with van der Waals surface area (Å²) < 4.78 is 13.6. The summed E-state index contributed by atoms with van der Waals surface area (Å²) in [7, 11) is 0. The molecule has 0 aromatic heterocycles. The maximum atomic E-state index is 13.6. The average Bonchev–Trinajstić information content (AvgIpc) is 2.44. The number of piperidine rings is 1. The molecule has 1 aromatic carbocycles. The van der Waals surface area contributed by atoms with Crippen molar-refractivity contribution < 1.29 is 9.18 Å². The van der Waals surface area contributed by atoms with E-state index in [9.17, 15) is 9.18 Å². The fourth-order valence-electron chi connectivity index (χ4n) is 2.50. The Morgan fingerprint density at radius 3 is 2.81 bits per heavy atom. The normalized spacial score (nSPS) is 16.2. The van der Waals surface area contributed by atoms with Gasteiger partial charge in [0.2, 0.25) is 5.91 Å². The van der Waals surface area contributed by atoms with Gasteiger partial charge in [0.15, 0.2) is 0 Å². The van der Waals surface area contributed by atoms with Crippen LogP contribution in [0.15, 0.2) is 18.2 Å². The van der Waals surface area contributed by atoms with Crippen LogP contribution in [0.1, 0.15) is 19.8 Å². The van der Waals surface area contributed by atoms with Crippen molar-refractivity contribution in [2.45, 2.75) is 25.8 Å². The molecule has 0 spiro atoms. The fourth-order valence-corrected chi connectivity index (χ4v) is 2.50. The van der Waals surface area contributed by atoms with E-state index in [4.69, 9.17) is 6.42 Å². The average molecular weight is 289 g/mol. The number of amides is 1. The maximum absolute atomic E-state index is 13.6. The van der Waals surface area contributed by atoms with Gasteiger partial charge in [-0.25, -0.2) is 4.39 Å². The molecule has 0 unspecified atom stereocenters. The molecule has 2 N–H and O–H groups in total. The summed E-state index contributed by atoms with van der Waals surface area (Å²) >= 11 is 0. The van der Waals surface area contributed by atoms with E-state index >= 15 is 0 Å². The Kier molecular flexibility index (Phi) is 5.18. The molecule has 0 bridgehead atoms. The van der Waals surface area contributed by atoms with Crippen molar-refractivity contribution in [3.05, 3.63) is 24.0 Å². The second-order valence-corrected chi connectivity index (χ2v) is 5.27. The van der Waals surface area contributed by atoms with E-state index in [1.807, 2.05) is 0 Å². The van der Waals surface area contributed by atoms with Crippen LogP contribution in [0.25, 0.3) is 0 Å². The molecule has 5 heteroatoms. The van der Waals surface area contributed by atoms with Crippen LogP contribution in [0.4, 0.5) is 15.8 Å². The number of nitrogens with zero attached hydrogens (tertiary/aromatic N) is 1. The third kappa shape index (κ3) is 4.47. The maximum Gasteiger partial charge on any atom is 0.221 e. The van der Waals surface area contributed by atoms with Crippen LogP contribution in [0.3, 0.4) is 0 Å². The topological polar surface area (TPSA) is 44.4 Å². The fraction of sp³-hybridized carbons (Fsp3) is 0.438. The number of terminal acetylenes is 1. The van der Waals surface area contributed by atoms with Crippen LogP contribution >= 0.6 is 0 Å². The highest BCUT2D eigenvalue weighted by Gasteiger charge is 2.18. The Labute approximate surface area is 124 Å². The molecule has 1 aliphatic rings. The van der Waals surface area contributed by atoms with Crippen LogP contribution in [-0.4, -0.2) is 36.5 Å². The van der Waals surface area contributed by atoms with Gasteiger partial charge in [0, 0.05) is 31.7 Å². The van der Waals surface area contributed by atoms with Crippen LogP contribution in [-0.2, 0) is 4.79 Å². The van der Waals surface area contributed by atoms with Crippen molar-refractivity contribution in [2.24, 2.45) is 0 Å². The van der Waals surface area contributed by atoms with Gasteiger partial charge in [-0.05, 0) is 31.0 Å². The van der Waals surface area contributed by atoms with Crippen molar-refractivity contribution in [1.29, 1.82) is 0 Å². The van der Waals surface area contributed by atoms with Gasteiger partial charge in [0.25, 0.3) is 0 Å². The highest BCUT2D eigenvalue weighted by molar-refractivity contribution is 5.89. The zero-order chi connectivity index (χ0) is 15.2. The first-order valence-corrected chi connectivity index (χ1v) is 7.08. The number of carbonyl (C=O) groups excluding carboxylic acids is 1. The number of halogens is 1. The first-order chi connectivity index (χ1) is 10.1. The molecule has 1 aliphatic heterocycles. The van der Waals surface area contributed by atoms with E-state index in [1.54, 1.807) is 12.1 Å². The largest absolute Gasteiger partial charge is 0.382 e. The lowest BCUT2D eigenvalue weighted by molar-refractivity contribution is -0.114. The number of anilines is 2. The second kappa shape index (κ2) is 7.09. The highest BCUT2D eigenvalue weighted by atomic mass is 19.1. The molecule has 0 radical (unpaired) electrons. The van der Waals surface area contributed by atoms with E-state index in [1.165, 1.54) is 13.0 Å². The number of hydrogen-bond donors (Lipinski definition) is 2. The molecule has 1 saturated heterocycles. The summed E-state index contributed by atoms with van der Waals surface area (Å²) in [5, 5.41) is 5.88. The predicted octanol–water partition coefficient (Wildman–Crippen LogP) is 2.29. The number of benzene rings is 1. The lowest BCUT2D eigenvalue weighted by Gasteiger charge is -2.31. The molecule has 1 amide bonds. The molecule has 21 heavy (non-hydrogen) atoms. The molecule has 1 fully saturated rings. The van der Waals surface area contributed by atoms with Gasteiger partial charge in [-0.1, -0.05) is 5.92 Å². The number of rotatable bonds is 4. The zero-order valence-electron chi connectivity index (χ0n) is 12.2. The van der Waals surface area contributed by atoms with Crippen molar-refractivity contribution in [1.82, 2.24) is 4.90 Å². The Hall–Kier alpha value is -2.06. The predicted molar refractivity (Wildman–Crippen MR) is 82.6 cm³/mol. The second-order valence-electron chi connectivity index (χ2n) is 5.27. The first kappa shape index (κ1) is 15.3. The van der Waals surface area contributed by atoms with E-state index in [2.05, 4.69) is 21.5 Å². The number of hydrogen-bond acceptors (Lipinski definition) is 3. The minimum Gasteiger partial charge on any atom is -0.382 e. The molecule has 4 nitrogen and oxygen atoms in total. The van der Waals surface area contributed by atoms with Gasteiger partial charge in [-0.3, -0.25) is 9.69 Å². The monoisotopic (exact) mass is 289 g/mol.